The van der Waals surface area contributed by atoms with Crippen molar-refractivity contribution in [1.82, 2.24) is 10.1 Å². The second-order valence-corrected chi connectivity index (χ2v) is 8.66. The zero-order valence-electron chi connectivity index (χ0n) is 20.4. The highest BCUT2D eigenvalue weighted by Crippen LogP contribution is 2.34. The molecule has 1 saturated heterocycles. The molecular weight excluding hydrogens is 464 g/mol. The van der Waals surface area contributed by atoms with E-state index in [2.05, 4.69) is 5.16 Å². The monoisotopic (exact) mass is 494 g/mol. The molecule has 9 nitrogen and oxygen atoms in total. The van der Waals surface area contributed by atoms with Gasteiger partial charge in [0.15, 0.2) is 11.5 Å². The van der Waals surface area contributed by atoms with E-state index >= 15 is 0 Å². The van der Waals surface area contributed by atoms with Crippen molar-refractivity contribution in [1.29, 1.82) is 0 Å². The van der Waals surface area contributed by atoms with Crippen molar-refractivity contribution in [3.05, 3.63) is 71.1 Å². The third kappa shape index (κ3) is 6.16. The smallest absolute Gasteiger partial charge is 0.303 e. The number of carboxylic acid groups (broad SMARTS) is 1. The number of aromatic nitrogens is 1. The van der Waals surface area contributed by atoms with Crippen molar-refractivity contribution >= 4 is 11.9 Å². The minimum absolute atomic E-state index is 0.0142. The molecule has 0 saturated carbocycles. The lowest BCUT2D eigenvalue weighted by Gasteiger charge is -2.23. The molecule has 0 radical (unpaired) electrons. The highest BCUT2D eigenvalue weighted by atomic mass is 16.5. The van der Waals surface area contributed by atoms with Gasteiger partial charge in [-0.25, -0.2) is 0 Å². The van der Waals surface area contributed by atoms with Gasteiger partial charge < -0.3 is 28.7 Å². The largest absolute Gasteiger partial charge is 0.497 e. The van der Waals surface area contributed by atoms with Crippen LogP contribution in [0, 0.1) is 0 Å². The molecular formula is C27H30N2O7. The van der Waals surface area contributed by atoms with Crippen molar-refractivity contribution in [2.75, 3.05) is 20.8 Å². The first-order valence-corrected chi connectivity index (χ1v) is 11.9. The minimum Gasteiger partial charge on any atom is -0.497 e. The van der Waals surface area contributed by atoms with Crippen LogP contribution in [0.3, 0.4) is 0 Å². The Balaban J connectivity index is 1.39. The zero-order chi connectivity index (χ0) is 25.5. The van der Waals surface area contributed by atoms with E-state index in [9.17, 15) is 9.59 Å². The first-order valence-electron chi connectivity index (χ1n) is 11.9. The molecule has 1 aliphatic rings. The number of ether oxygens (including phenoxy) is 3. The van der Waals surface area contributed by atoms with E-state index in [1.54, 1.807) is 20.3 Å². The molecule has 1 N–H and O–H groups in total. The Morgan fingerprint density at radius 1 is 1.08 bits per heavy atom. The lowest BCUT2D eigenvalue weighted by atomic mass is 10.1. The van der Waals surface area contributed by atoms with Gasteiger partial charge in [-0.1, -0.05) is 23.4 Å². The van der Waals surface area contributed by atoms with Crippen LogP contribution in [0.25, 0.3) is 0 Å². The van der Waals surface area contributed by atoms with Crippen LogP contribution in [-0.4, -0.2) is 47.8 Å². The summed E-state index contributed by atoms with van der Waals surface area (Å²) in [5.74, 6) is 1.52. The number of methoxy groups -OCH3 is 2. The Kier molecular flexibility index (Phi) is 8.10. The molecule has 1 amide bonds. The van der Waals surface area contributed by atoms with Crippen LogP contribution in [0.4, 0.5) is 0 Å². The van der Waals surface area contributed by atoms with Gasteiger partial charge in [-0.3, -0.25) is 9.59 Å². The summed E-state index contributed by atoms with van der Waals surface area (Å²) in [6.45, 7) is 0.993. The normalized spacial score (nSPS) is 15.1. The molecule has 1 aliphatic heterocycles. The molecule has 36 heavy (non-hydrogen) atoms. The SMILES string of the molecule is COc1cccc(COc2ccc(CC(=O)N3CCCC3c3cc(CCC(=O)O)on3)cc2OC)c1. The number of benzene rings is 2. The molecule has 2 heterocycles. The van der Waals surface area contributed by atoms with Crippen LogP contribution in [0.5, 0.6) is 17.2 Å². The lowest BCUT2D eigenvalue weighted by molar-refractivity contribution is -0.137. The lowest BCUT2D eigenvalue weighted by Crippen LogP contribution is -2.32. The predicted octanol–water partition coefficient (Wildman–Crippen LogP) is 4.19. The van der Waals surface area contributed by atoms with Crippen LogP contribution >= 0.6 is 0 Å². The number of hydrogen-bond donors (Lipinski definition) is 1. The fourth-order valence-corrected chi connectivity index (χ4v) is 4.35. The molecule has 0 aliphatic carbocycles. The second-order valence-electron chi connectivity index (χ2n) is 8.66. The summed E-state index contributed by atoms with van der Waals surface area (Å²) in [7, 11) is 3.20. The third-order valence-electron chi connectivity index (χ3n) is 6.19. The Morgan fingerprint density at radius 3 is 2.72 bits per heavy atom. The fraction of sp³-hybridized carbons (Fsp3) is 0.370. The van der Waals surface area contributed by atoms with E-state index in [1.165, 1.54) is 0 Å². The van der Waals surface area contributed by atoms with Crippen LogP contribution in [0.15, 0.2) is 53.1 Å². The summed E-state index contributed by atoms with van der Waals surface area (Å²) < 4.78 is 22.0. The number of aliphatic carboxylic acids is 1. The number of amides is 1. The number of aryl methyl sites for hydroxylation is 1. The van der Waals surface area contributed by atoms with Crippen LogP contribution in [-0.2, 0) is 29.0 Å². The molecule has 1 aromatic heterocycles. The Labute approximate surface area is 209 Å². The van der Waals surface area contributed by atoms with E-state index in [0.717, 1.165) is 29.7 Å². The summed E-state index contributed by atoms with van der Waals surface area (Å²) in [4.78, 5) is 25.8. The summed E-state index contributed by atoms with van der Waals surface area (Å²) in [5.41, 5.74) is 2.45. The Bertz CT molecular complexity index is 1210. The molecule has 1 atom stereocenters. The van der Waals surface area contributed by atoms with Crippen molar-refractivity contribution in [2.24, 2.45) is 0 Å². The number of nitrogens with zero attached hydrogens (tertiary/aromatic N) is 2. The van der Waals surface area contributed by atoms with Crippen molar-refractivity contribution < 1.29 is 33.4 Å². The number of carbonyl (C=O) groups excluding carboxylic acids is 1. The highest BCUT2D eigenvalue weighted by Gasteiger charge is 2.32. The number of carbonyl (C=O) groups is 2. The maximum atomic E-state index is 13.2. The average Bonchev–Trinajstić information content (AvgIpc) is 3.56. The summed E-state index contributed by atoms with van der Waals surface area (Å²) in [6.07, 6.45) is 2.12. The maximum Gasteiger partial charge on any atom is 0.303 e. The molecule has 190 valence electrons. The van der Waals surface area contributed by atoms with E-state index in [-0.39, 0.29) is 31.2 Å². The van der Waals surface area contributed by atoms with E-state index in [0.29, 0.717) is 36.1 Å². The molecule has 3 aromatic rings. The molecule has 1 fully saturated rings. The maximum absolute atomic E-state index is 13.2. The Morgan fingerprint density at radius 2 is 1.94 bits per heavy atom. The van der Waals surface area contributed by atoms with Crippen LogP contribution in [0.2, 0.25) is 0 Å². The van der Waals surface area contributed by atoms with Crippen molar-refractivity contribution in [3.8, 4) is 17.2 Å². The third-order valence-corrected chi connectivity index (χ3v) is 6.19. The molecule has 2 aromatic carbocycles. The summed E-state index contributed by atoms with van der Waals surface area (Å²) in [6, 6.07) is 14.7. The van der Waals surface area contributed by atoms with Gasteiger partial charge >= 0.3 is 5.97 Å². The van der Waals surface area contributed by atoms with Crippen LogP contribution in [0.1, 0.15) is 47.9 Å². The van der Waals surface area contributed by atoms with E-state index in [4.69, 9.17) is 23.8 Å². The van der Waals surface area contributed by atoms with Gasteiger partial charge in [0.1, 0.15) is 23.8 Å². The number of hydrogen-bond acceptors (Lipinski definition) is 7. The Hall–Kier alpha value is -4.01. The highest BCUT2D eigenvalue weighted by molar-refractivity contribution is 5.79. The van der Waals surface area contributed by atoms with E-state index in [1.807, 2.05) is 47.4 Å². The molecule has 9 heteroatoms. The topological polar surface area (TPSA) is 111 Å². The first kappa shape index (κ1) is 25.1. The second kappa shape index (κ2) is 11.6. The quantitative estimate of drug-likeness (QED) is 0.422. The zero-order valence-corrected chi connectivity index (χ0v) is 20.4. The van der Waals surface area contributed by atoms with Gasteiger partial charge in [0.25, 0.3) is 0 Å². The average molecular weight is 495 g/mol. The number of likely N-dealkylation sites (tertiary alicyclic amines) is 1. The van der Waals surface area contributed by atoms with Gasteiger partial charge in [0.05, 0.1) is 33.1 Å². The number of carboxylic acids is 1. The molecule has 0 bridgehead atoms. The summed E-state index contributed by atoms with van der Waals surface area (Å²) >= 11 is 0. The van der Waals surface area contributed by atoms with Crippen molar-refractivity contribution in [2.45, 2.75) is 44.8 Å². The molecule has 4 rings (SSSR count). The van der Waals surface area contributed by atoms with Crippen LogP contribution < -0.4 is 14.2 Å². The fourth-order valence-electron chi connectivity index (χ4n) is 4.35. The van der Waals surface area contributed by atoms with Crippen molar-refractivity contribution in [3.63, 3.8) is 0 Å². The van der Waals surface area contributed by atoms with Gasteiger partial charge in [0.2, 0.25) is 5.91 Å². The first-order chi connectivity index (χ1) is 17.5. The van der Waals surface area contributed by atoms with E-state index < -0.39 is 5.97 Å². The van der Waals surface area contributed by atoms with Gasteiger partial charge in [-0.05, 0) is 48.2 Å². The minimum atomic E-state index is -0.891. The van der Waals surface area contributed by atoms with Gasteiger partial charge in [0, 0.05) is 19.0 Å². The standard InChI is InChI=1S/C27H30N2O7/c1-33-20-6-3-5-19(13-20)17-35-24-10-8-18(14-25(24)34-2)15-26(30)29-12-4-7-23(29)22-16-21(36-28-22)9-11-27(31)32/h3,5-6,8,10,13-14,16,23H,4,7,9,11-12,15,17H2,1-2H3,(H,31,32). The van der Waals surface area contributed by atoms with Gasteiger partial charge in [-0.15, -0.1) is 0 Å². The summed E-state index contributed by atoms with van der Waals surface area (Å²) in [5, 5.41) is 13.0. The number of rotatable bonds is 11. The molecule has 1 unspecified atom stereocenters. The predicted molar refractivity (Wildman–Crippen MR) is 130 cm³/mol. The van der Waals surface area contributed by atoms with Gasteiger partial charge in [-0.2, -0.15) is 0 Å². The molecule has 0 spiro atoms.